The SMILES string of the molecule is Cc1noc2nc(-c3cnn(C)c3)cc(C(=O)Nc3cnn(Cc4ccccc4)c3)c12. The molecule has 154 valence electrons. The van der Waals surface area contributed by atoms with E-state index in [0.29, 0.717) is 40.3 Å². The molecule has 0 unspecified atom stereocenters. The summed E-state index contributed by atoms with van der Waals surface area (Å²) in [5.74, 6) is -0.289. The second-order valence-electron chi connectivity index (χ2n) is 7.27. The van der Waals surface area contributed by atoms with E-state index in [1.54, 1.807) is 40.9 Å². The molecule has 9 nitrogen and oxygen atoms in total. The molecule has 4 aromatic heterocycles. The number of pyridine rings is 1. The van der Waals surface area contributed by atoms with Crippen LogP contribution in [0.1, 0.15) is 21.6 Å². The molecule has 0 aliphatic carbocycles. The maximum atomic E-state index is 13.2. The molecule has 1 amide bonds. The van der Waals surface area contributed by atoms with Crippen LogP contribution in [0.5, 0.6) is 0 Å². The van der Waals surface area contributed by atoms with Gasteiger partial charge in [0.2, 0.25) is 0 Å². The fraction of sp³-hybridized carbons (Fsp3) is 0.136. The number of nitrogens with zero attached hydrogens (tertiary/aromatic N) is 6. The average Bonchev–Trinajstić information content (AvgIpc) is 3.49. The summed E-state index contributed by atoms with van der Waals surface area (Å²) in [6.45, 7) is 2.40. The van der Waals surface area contributed by atoms with Crippen molar-refractivity contribution < 1.29 is 9.32 Å². The highest BCUT2D eigenvalue weighted by Crippen LogP contribution is 2.27. The third-order valence-electron chi connectivity index (χ3n) is 4.94. The van der Waals surface area contributed by atoms with Crippen molar-refractivity contribution >= 4 is 22.7 Å². The van der Waals surface area contributed by atoms with Crippen LogP contribution in [0.2, 0.25) is 0 Å². The fourth-order valence-electron chi connectivity index (χ4n) is 3.46. The maximum absolute atomic E-state index is 13.2. The summed E-state index contributed by atoms with van der Waals surface area (Å²) in [6, 6.07) is 11.7. The zero-order valence-electron chi connectivity index (χ0n) is 17.0. The predicted octanol–water partition coefficient (Wildman–Crippen LogP) is 3.43. The number of hydrogen-bond acceptors (Lipinski definition) is 6. The average molecular weight is 413 g/mol. The van der Waals surface area contributed by atoms with Crippen molar-refractivity contribution in [3.05, 3.63) is 78.0 Å². The first-order valence-electron chi connectivity index (χ1n) is 9.70. The Labute approximate surface area is 177 Å². The van der Waals surface area contributed by atoms with Gasteiger partial charge in [0.25, 0.3) is 11.6 Å². The summed E-state index contributed by atoms with van der Waals surface area (Å²) >= 11 is 0. The smallest absolute Gasteiger partial charge is 0.259 e. The third kappa shape index (κ3) is 3.68. The number of anilines is 1. The highest BCUT2D eigenvalue weighted by molar-refractivity contribution is 6.12. The number of hydrogen-bond donors (Lipinski definition) is 1. The molecule has 0 bridgehead atoms. The number of benzene rings is 1. The number of aryl methyl sites for hydroxylation is 2. The molecule has 0 fully saturated rings. The van der Waals surface area contributed by atoms with E-state index >= 15 is 0 Å². The summed E-state index contributed by atoms with van der Waals surface area (Å²) in [5.41, 5.74) is 4.43. The Kier molecular flexibility index (Phi) is 4.55. The Morgan fingerprint density at radius 2 is 1.97 bits per heavy atom. The first kappa shape index (κ1) is 18.7. The Morgan fingerprint density at radius 3 is 2.74 bits per heavy atom. The molecule has 0 spiro atoms. The number of aromatic nitrogens is 6. The van der Waals surface area contributed by atoms with E-state index in [2.05, 4.69) is 25.7 Å². The van der Waals surface area contributed by atoms with Crippen LogP contribution in [0, 0.1) is 6.92 Å². The van der Waals surface area contributed by atoms with Crippen LogP contribution < -0.4 is 5.32 Å². The van der Waals surface area contributed by atoms with E-state index in [0.717, 1.165) is 11.1 Å². The van der Waals surface area contributed by atoms with Gasteiger partial charge < -0.3 is 9.84 Å². The monoisotopic (exact) mass is 413 g/mol. The van der Waals surface area contributed by atoms with Crippen molar-refractivity contribution in [3.63, 3.8) is 0 Å². The van der Waals surface area contributed by atoms with Gasteiger partial charge in [-0.1, -0.05) is 35.5 Å². The Balaban J connectivity index is 1.45. The number of carbonyl (C=O) groups is 1. The standard InChI is InChI=1S/C22H19N7O2/c1-14-20-18(8-19(26-22(20)31-27-14)16-9-23-28(2)12-16)21(30)25-17-10-24-29(13-17)11-15-6-4-3-5-7-15/h3-10,12-13H,11H2,1-2H3,(H,25,30). The normalized spacial score (nSPS) is 11.2. The molecule has 0 aliphatic rings. The maximum Gasteiger partial charge on any atom is 0.259 e. The number of nitrogens with one attached hydrogen (secondary N) is 1. The largest absolute Gasteiger partial charge is 0.335 e. The minimum absolute atomic E-state index is 0.289. The first-order valence-corrected chi connectivity index (χ1v) is 9.70. The van der Waals surface area contributed by atoms with E-state index in [1.165, 1.54) is 0 Å². The van der Waals surface area contributed by atoms with Gasteiger partial charge in [-0.2, -0.15) is 10.2 Å². The van der Waals surface area contributed by atoms with Crippen LogP contribution >= 0.6 is 0 Å². The van der Waals surface area contributed by atoms with Crippen LogP contribution in [-0.4, -0.2) is 35.6 Å². The van der Waals surface area contributed by atoms with Crippen LogP contribution in [0.3, 0.4) is 0 Å². The molecule has 9 heteroatoms. The van der Waals surface area contributed by atoms with Crippen molar-refractivity contribution in [2.75, 3.05) is 5.32 Å². The summed E-state index contributed by atoms with van der Waals surface area (Å²) < 4.78 is 8.80. The van der Waals surface area contributed by atoms with Crippen molar-refractivity contribution in [2.24, 2.45) is 7.05 Å². The summed E-state index contributed by atoms with van der Waals surface area (Å²) in [5, 5.41) is 16.0. The van der Waals surface area contributed by atoms with E-state index in [-0.39, 0.29) is 5.91 Å². The summed E-state index contributed by atoms with van der Waals surface area (Å²) in [4.78, 5) is 17.7. The molecule has 31 heavy (non-hydrogen) atoms. The minimum atomic E-state index is -0.289. The van der Waals surface area contributed by atoms with Gasteiger partial charge in [-0.05, 0) is 18.6 Å². The van der Waals surface area contributed by atoms with Crippen molar-refractivity contribution in [3.8, 4) is 11.3 Å². The Morgan fingerprint density at radius 1 is 1.13 bits per heavy atom. The molecule has 4 heterocycles. The van der Waals surface area contributed by atoms with Gasteiger partial charge >= 0.3 is 0 Å². The topological polar surface area (TPSA) is 104 Å². The Bertz CT molecular complexity index is 1380. The summed E-state index contributed by atoms with van der Waals surface area (Å²) in [7, 11) is 1.82. The third-order valence-corrected chi connectivity index (χ3v) is 4.94. The molecule has 0 atom stereocenters. The summed E-state index contributed by atoms with van der Waals surface area (Å²) in [6.07, 6.45) is 6.94. The van der Waals surface area contributed by atoms with Gasteiger partial charge in [0.1, 0.15) is 0 Å². The highest BCUT2D eigenvalue weighted by atomic mass is 16.5. The molecule has 0 saturated heterocycles. The molecule has 0 saturated carbocycles. The van der Waals surface area contributed by atoms with E-state index in [1.807, 2.05) is 43.6 Å². The lowest BCUT2D eigenvalue weighted by molar-refractivity contribution is 0.102. The van der Waals surface area contributed by atoms with Crippen molar-refractivity contribution in [1.82, 2.24) is 29.7 Å². The zero-order valence-corrected chi connectivity index (χ0v) is 17.0. The van der Waals surface area contributed by atoms with Crippen LogP contribution in [0.4, 0.5) is 5.69 Å². The number of rotatable bonds is 5. The molecule has 0 radical (unpaired) electrons. The quantitative estimate of drug-likeness (QED) is 0.473. The zero-order chi connectivity index (χ0) is 21.4. The van der Waals surface area contributed by atoms with Gasteiger partial charge in [0.15, 0.2) is 0 Å². The molecule has 5 rings (SSSR count). The predicted molar refractivity (Wildman–Crippen MR) is 114 cm³/mol. The lowest BCUT2D eigenvalue weighted by Crippen LogP contribution is -2.12. The molecular weight excluding hydrogens is 394 g/mol. The second-order valence-corrected chi connectivity index (χ2v) is 7.27. The fourth-order valence-corrected chi connectivity index (χ4v) is 3.46. The minimum Gasteiger partial charge on any atom is -0.335 e. The highest BCUT2D eigenvalue weighted by Gasteiger charge is 2.20. The molecule has 1 N–H and O–H groups in total. The van der Waals surface area contributed by atoms with E-state index < -0.39 is 0 Å². The van der Waals surface area contributed by atoms with Gasteiger partial charge in [-0.15, -0.1) is 0 Å². The molecule has 1 aromatic carbocycles. The molecular formula is C22H19N7O2. The Hall–Kier alpha value is -4.27. The van der Waals surface area contributed by atoms with Crippen LogP contribution in [0.15, 0.2) is 65.7 Å². The van der Waals surface area contributed by atoms with Gasteiger partial charge in [-0.3, -0.25) is 14.2 Å². The van der Waals surface area contributed by atoms with Crippen LogP contribution in [-0.2, 0) is 13.6 Å². The lowest BCUT2D eigenvalue weighted by atomic mass is 10.1. The number of amides is 1. The number of fused-ring (bicyclic) bond motifs is 1. The molecule has 5 aromatic rings. The van der Waals surface area contributed by atoms with Gasteiger partial charge in [0, 0.05) is 25.0 Å². The van der Waals surface area contributed by atoms with Gasteiger partial charge in [0.05, 0.1) is 47.0 Å². The van der Waals surface area contributed by atoms with E-state index in [9.17, 15) is 4.79 Å². The first-order chi connectivity index (χ1) is 15.1. The lowest BCUT2D eigenvalue weighted by Gasteiger charge is -2.06. The van der Waals surface area contributed by atoms with Crippen molar-refractivity contribution in [2.45, 2.75) is 13.5 Å². The number of carbonyl (C=O) groups excluding carboxylic acids is 1. The second kappa shape index (κ2) is 7.52. The van der Waals surface area contributed by atoms with Gasteiger partial charge in [-0.25, -0.2) is 4.98 Å². The molecule has 0 aliphatic heterocycles. The van der Waals surface area contributed by atoms with Crippen molar-refractivity contribution in [1.29, 1.82) is 0 Å². The van der Waals surface area contributed by atoms with E-state index in [4.69, 9.17) is 4.52 Å². The van der Waals surface area contributed by atoms with Crippen LogP contribution in [0.25, 0.3) is 22.4 Å².